The predicted octanol–water partition coefficient (Wildman–Crippen LogP) is 6.51. The summed E-state index contributed by atoms with van der Waals surface area (Å²) in [6.45, 7) is 15.8. The lowest BCUT2D eigenvalue weighted by Gasteiger charge is -2.70. The second-order valence-electron chi connectivity index (χ2n) is 13.6. The summed E-state index contributed by atoms with van der Waals surface area (Å²) in [5, 5.41) is 31.8. The Hall–Kier alpha value is -1.13. The molecule has 0 radical (unpaired) electrons. The fraction of sp³-hybridized carbons (Fsp3) is 0.833. The highest BCUT2D eigenvalue weighted by Crippen LogP contribution is 2.74. The van der Waals surface area contributed by atoms with Gasteiger partial charge in [0.1, 0.15) is 0 Å². The zero-order valence-corrected chi connectivity index (χ0v) is 22.6. The van der Waals surface area contributed by atoms with E-state index in [1.165, 1.54) is 0 Å². The number of aliphatic hydroxyl groups is 2. The van der Waals surface area contributed by atoms with E-state index in [9.17, 15) is 15.0 Å². The molecule has 4 aliphatic rings. The van der Waals surface area contributed by atoms with E-state index in [1.807, 2.05) is 6.08 Å². The summed E-state index contributed by atoms with van der Waals surface area (Å²) in [7, 11) is 0. The Kier molecular flexibility index (Phi) is 6.47. The molecule has 0 bridgehead atoms. The highest BCUT2D eigenvalue weighted by atomic mass is 16.4. The fourth-order valence-electron chi connectivity index (χ4n) is 9.55. The molecule has 0 unspecified atom stereocenters. The van der Waals surface area contributed by atoms with Crippen molar-refractivity contribution in [1.82, 2.24) is 0 Å². The maximum absolute atomic E-state index is 11.9. The van der Waals surface area contributed by atoms with E-state index in [2.05, 4.69) is 41.5 Å². The van der Waals surface area contributed by atoms with Crippen LogP contribution in [-0.4, -0.2) is 33.5 Å². The zero-order chi connectivity index (χ0) is 25.3. The summed E-state index contributed by atoms with van der Waals surface area (Å²) >= 11 is 0. The third-order valence-corrected chi connectivity index (χ3v) is 12.0. The largest absolute Gasteiger partial charge is 0.478 e. The Morgan fingerprint density at radius 2 is 1.71 bits per heavy atom. The number of fused-ring (bicyclic) bond motifs is 5. The summed E-state index contributed by atoms with van der Waals surface area (Å²) in [5.41, 5.74) is 3.48. The number of carboxylic acids is 1. The first-order valence-corrected chi connectivity index (χ1v) is 13.7. The quantitative estimate of drug-likeness (QED) is 0.315. The smallest absolute Gasteiger partial charge is 0.330 e. The number of aliphatic carboxylic acids is 1. The van der Waals surface area contributed by atoms with Gasteiger partial charge in [-0.25, -0.2) is 4.79 Å². The van der Waals surface area contributed by atoms with Gasteiger partial charge in [0.15, 0.2) is 0 Å². The van der Waals surface area contributed by atoms with E-state index in [0.717, 1.165) is 57.8 Å². The normalized spacial score (nSPS) is 44.8. The molecule has 0 heterocycles. The molecule has 34 heavy (non-hydrogen) atoms. The molecule has 4 nitrogen and oxygen atoms in total. The summed E-state index contributed by atoms with van der Waals surface area (Å²) in [5.74, 6) is 0.425. The average Bonchev–Trinajstić information content (AvgIpc) is 3.12. The summed E-state index contributed by atoms with van der Waals surface area (Å²) in [4.78, 5) is 11.1. The first-order chi connectivity index (χ1) is 15.7. The van der Waals surface area contributed by atoms with Gasteiger partial charge in [-0.1, -0.05) is 58.8 Å². The SMILES string of the molecule is C/C(=C/CC[C@H](C)C1=C2CC[C@@H]3[C@@]4(C)CC[C@@H](O)C(C)(C)[C@@H]4C[C@@H](O)[C@@]3(C)[C@]2(C)CC1)C(=O)O. The van der Waals surface area contributed by atoms with E-state index in [1.54, 1.807) is 18.1 Å². The Labute approximate surface area is 206 Å². The summed E-state index contributed by atoms with van der Waals surface area (Å²) < 4.78 is 0. The predicted molar refractivity (Wildman–Crippen MR) is 136 cm³/mol. The van der Waals surface area contributed by atoms with Gasteiger partial charge in [-0.05, 0) is 98.7 Å². The minimum atomic E-state index is -0.828. The number of carboxylic acid groups (broad SMARTS) is 1. The summed E-state index contributed by atoms with van der Waals surface area (Å²) in [6.07, 6.45) is 10.2. The van der Waals surface area contributed by atoms with Crippen LogP contribution in [0.1, 0.15) is 106 Å². The molecule has 0 aromatic carbocycles. The van der Waals surface area contributed by atoms with Crippen LogP contribution in [0.5, 0.6) is 0 Å². The molecule has 0 saturated heterocycles. The number of carbonyl (C=O) groups is 1. The molecule has 192 valence electrons. The van der Waals surface area contributed by atoms with Crippen molar-refractivity contribution in [2.75, 3.05) is 0 Å². The topological polar surface area (TPSA) is 77.8 Å². The van der Waals surface area contributed by atoms with Gasteiger partial charge < -0.3 is 15.3 Å². The third-order valence-electron chi connectivity index (χ3n) is 12.0. The number of allylic oxidation sites excluding steroid dienone is 3. The van der Waals surface area contributed by atoms with Crippen molar-refractivity contribution in [2.45, 2.75) is 118 Å². The number of hydrogen-bond donors (Lipinski definition) is 3. The molecular weight excluding hydrogens is 424 g/mol. The van der Waals surface area contributed by atoms with E-state index in [4.69, 9.17) is 5.11 Å². The lowest BCUT2D eigenvalue weighted by atomic mass is 9.35. The maximum atomic E-state index is 11.9. The van der Waals surface area contributed by atoms with Crippen molar-refractivity contribution < 1.29 is 20.1 Å². The number of aliphatic hydroxyl groups excluding tert-OH is 2. The monoisotopic (exact) mass is 472 g/mol. The minimum Gasteiger partial charge on any atom is -0.478 e. The molecule has 4 rings (SSSR count). The molecule has 8 atom stereocenters. The maximum Gasteiger partial charge on any atom is 0.330 e. The second kappa shape index (κ2) is 8.47. The van der Waals surface area contributed by atoms with E-state index in [0.29, 0.717) is 23.3 Å². The number of rotatable bonds is 5. The van der Waals surface area contributed by atoms with Crippen molar-refractivity contribution >= 4 is 5.97 Å². The highest BCUT2D eigenvalue weighted by molar-refractivity contribution is 5.85. The van der Waals surface area contributed by atoms with Crippen molar-refractivity contribution in [1.29, 1.82) is 0 Å². The van der Waals surface area contributed by atoms with E-state index >= 15 is 0 Å². The molecule has 0 aliphatic heterocycles. The standard InChI is InChI=1S/C30H48O4/c1-18(9-8-10-19(2)26(33)34)20-13-16-29(6)21(20)11-12-22-28(5)15-14-24(31)27(3,4)23(28)17-25(32)30(22,29)7/h10,18,22-25,31-32H,8-9,11-17H2,1-7H3,(H,33,34)/b19-10-/t18-,22+,23-,24+,25+,28+,29+,30-/m0/s1. The highest BCUT2D eigenvalue weighted by Gasteiger charge is 2.69. The van der Waals surface area contributed by atoms with Crippen molar-refractivity contribution in [3.63, 3.8) is 0 Å². The van der Waals surface area contributed by atoms with Crippen LogP contribution in [0.25, 0.3) is 0 Å². The molecule has 0 spiro atoms. The molecule has 0 amide bonds. The minimum absolute atomic E-state index is 0.0138. The Balaban J connectivity index is 1.65. The van der Waals surface area contributed by atoms with Gasteiger partial charge >= 0.3 is 5.97 Å². The van der Waals surface area contributed by atoms with Crippen LogP contribution in [0, 0.1) is 39.4 Å². The molecule has 0 aromatic heterocycles. The van der Waals surface area contributed by atoms with Crippen LogP contribution in [-0.2, 0) is 4.79 Å². The van der Waals surface area contributed by atoms with Crippen LogP contribution >= 0.6 is 0 Å². The summed E-state index contributed by atoms with van der Waals surface area (Å²) in [6, 6.07) is 0. The van der Waals surface area contributed by atoms with Crippen molar-refractivity contribution in [2.24, 2.45) is 39.4 Å². The van der Waals surface area contributed by atoms with Crippen molar-refractivity contribution in [3.8, 4) is 0 Å². The van der Waals surface area contributed by atoms with Gasteiger partial charge in [-0.2, -0.15) is 0 Å². The lowest BCUT2D eigenvalue weighted by Crippen LogP contribution is -2.67. The van der Waals surface area contributed by atoms with Gasteiger partial charge in [-0.15, -0.1) is 0 Å². The van der Waals surface area contributed by atoms with Gasteiger partial charge in [0.05, 0.1) is 12.2 Å². The lowest BCUT2D eigenvalue weighted by molar-refractivity contribution is -0.241. The Morgan fingerprint density at radius 3 is 2.35 bits per heavy atom. The van der Waals surface area contributed by atoms with E-state index in [-0.39, 0.29) is 33.9 Å². The van der Waals surface area contributed by atoms with Crippen LogP contribution in [0.4, 0.5) is 0 Å². The van der Waals surface area contributed by atoms with E-state index < -0.39 is 5.97 Å². The molecule has 3 N–H and O–H groups in total. The average molecular weight is 473 g/mol. The fourth-order valence-corrected chi connectivity index (χ4v) is 9.55. The van der Waals surface area contributed by atoms with Gasteiger partial charge in [0.25, 0.3) is 0 Å². The number of hydrogen-bond acceptors (Lipinski definition) is 3. The zero-order valence-electron chi connectivity index (χ0n) is 22.6. The molecule has 4 heteroatoms. The van der Waals surface area contributed by atoms with Crippen LogP contribution in [0.2, 0.25) is 0 Å². The Bertz CT molecular complexity index is 899. The van der Waals surface area contributed by atoms with Crippen LogP contribution in [0.3, 0.4) is 0 Å². The Morgan fingerprint density at radius 1 is 1.03 bits per heavy atom. The van der Waals surface area contributed by atoms with Crippen LogP contribution in [0.15, 0.2) is 22.8 Å². The van der Waals surface area contributed by atoms with Gasteiger partial charge in [0.2, 0.25) is 0 Å². The molecule has 3 saturated carbocycles. The first-order valence-electron chi connectivity index (χ1n) is 13.7. The molecule has 0 aromatic rings. The second-order valence-corrected chi connectivity index (χ2v) is 13.6. The van der Waals surface area contributed by atoms with Gasteiger partial charge in [0, 0.05) is 11.0 Å². The first kappa shape index (κ1) is 25.9. The molecule has 4 aliphatic carbocycles. The molecular formula is C30H48O4. The third kappa shape index (κ3) is 3.49. The van der Waals surface area contributed by atoms with Crippen LogP contribution < -0.4 is 0 Å². The van der Waals surface area contributed by atoms with Gasteiger partial charge in [-0.3, -0.25) is 0 Å². The van der Waals surface area contributed by atoms with Crippen molar-refractivity contribution in [3.05, 3.63) is 22.8 Å². The molecule has 3 fully saturated rings.